The molecule has 0 heterocycles. The monoisotopic (exact) mass is 210 g/mol. The van der Waals surface area contributed by atoms with E-state index >= 15 is 0 Å². The van der Waals surface area contributed by atoms with Crippen molar-refractivity contribution in [2.24, 2.45) is 5.73 Å². The van der Waals surface area contributed by atoms with Gasteiger partial charge in [-0.3, -0.25) is 0 Å². The highest BCUT2D eigenvalue weighted by Crippen LogP contribution is 2.29. The van der Waals surface area contributed by atoms with Crippen molar-refractivity contribution in [3.05, 3.63) is 29.1 Å². The van der Waals surface area contributed by atoms with Crippen molar-refractivity contribution in [3.63, 3.8) is 0 Å². The summed E-state index contributed by atoms with van der Waals surface area (Å²) < 4.78 is 13.0. The van der Waals surface area contributed by atoms with Crippen LogP contribution in [0, 0.1) is 17.1 Å². The van der Waals surface area contributed by atoms with Gasteiger partial charge in [0.25, 0.3) is 0 Å². The Morgan fingerprint density at radius 1 is 1.53 bits per heavy atom. The van der Waals surface area contributed by atoms with Crippen LogP contribution >= 0.6 is 0 Å². The van der Waals surface area contributed by atoms with E-state index in [2.05, 4.69) is 0 Å². The quantitative estimate of drug-likeness (QED) is 0.687. The zero-order valence-corrected chi connectivity index (χ0v) is 7.94. The average molecular weight is 210 g/mol. The van der Waals surface area contributed by atoms with Gasteiger partial charge in [0, 0.05) is 18.2 Å². The fourth-order valence-corrected chi connectivity index (χ4v) is 1.28. The fourth-order valence-electron chi connectivity index (χ4n) is 1.28. The normalized spacial score (nSPS) is 12.1. The molecule has 0 bridgehead atoms. The molecule has 0 aromatic heterocycles. The Hall–Kier alpha value is -1.64. The lowest BCUT2D eigenvalue weighted by Gasteiger charge is -2.13. The number of phenolic OH excluding ortho intramolecular Hbond substituents is 1. The van der Waals surface area contributed by atoms with Crippen molar-refractivity contribution in [1.29, 1.82) is 5.26 Å². The number of rotatable bonds is 3. The molecule has 0 saturated heterocycles. The van der Waals surface area contributed by atoms with Crippen LogP contribution in [0.4, 0.5) is 4.39 Å². The first-order chi connectivity index (χ1) is 7.11. The molecule has 0 amide bonds. The van der Waals surface area contributed by atoms with Crippen molar-refractivity contribution in [2.45, 2.75) is 12.5 Å². The van der Waals surface area contributed by atoms with E-state index in [1.54, 1.807) is 6.07 Å². The molecule has 0 aliphatic heterocycles. The summed E-state index contributed by atoms with van der Waals surface area (Å²) in [6.07, 6.45) is 0.240. The minimum Gasteiger partial charge on any atom is -0.506 e. The first-order valence-electron chi connectivity index (χ1n) is 4.39. The number of hydrogen-bond donors (Lipinski definition) is 3. The molecule has 1 aromatic carbocycles. The second-order valence-corrected chi connectivity index (χ2v) is 3.09. The summed E-state index contributed by atoms with van der Waals surface area (Å²) in [7, 11) is 0. The Balaban J connectivity index is 3.17. The number of hydrogen-bond acceptors (Lipinski definition) is 4. The van der Waals surface area contributed by atoms with Gasteiger partial charge in [0.15, 0.2) is 0 Å². The summed E-state index contributed by atoms with van der Waals surface area (Å²) in [6, 6.07) is 3.33. The third-order valence-corrected chi connectivity index (χ3v) is 2.11. The largest absolute Gasteiger partial charge is 0.506 e. The molecule has 80 valence electrons. The molecule has 0 fully saturated rings. The zero-order valence-electron chi connectivity index (χ0n) is 7.94. The molecule has 0 aliphatic rings. The van der Waals surface area contributed by atoms with E-state index < -0.39 is 23.2 Å². The zero-order chi connectivity index (χ0) is 11.4. The lowest BCUT2D eigenvalue weighted by Crippen LogP contribution is -2.12. The number of aliphatic hydroxyl groups is 1. The van der Waals surface area contributed by atoms with E-state index in [1.165, 1.54) is 6.07 Å². The minimum atomic E-state index is -0.782. The van der Waals surface area contributed by atoms with Gasteiger partial charge in [0.2, 0.25) is 0 Å². The number of halogens is 1. The lowest BCUT2D eigenvalue weighted by molar-refractivity contribution is 0.275. The molecule has 0 aliphatic carbocycles. The summed E-state index contributed by atoms with van der Waals surface area (Å²) in [4.78, 5) is 0. The standard InChI is InChI=1S/C10H11FN2O2/c11-8-2-1-6(9(13)3-4-14)10(15)7(8)5-12/h1-2,9,14-15H,3-4,13H2/t9-/m1/s1. The SMILES string of the molecule is N#Cc1c(F)ccc([C@H](N)CCO)c1O. The summed E-state index contributed by atoms with van der Waals surface area (Å²) in [5.41, 5.74) is 5.48. The minimum absolute atomic E-state index is 0.139. The van der Waals surface area contributed by atoms with Crippen LogP contribution in [0.25, 0.3) is 0 Å². The number of phenols is 1. The maximum atomic E-state index is 13.0. The first-order valence-corrected chi connectivity index (χ1v) is 4.39. The van der Waals surface area contributed by atoms with Gasteiger partial charge in [0.05, 0.1) is 0 Å². The van der Waals surface area contributed by atoms with Crippen LogP contribution in [0.5, 0.6) is 5.75 Å². The van der Waals surface area contributed by atoms with Crippen molar-refractivity contribution in [1.82, 2.24) is 0 Å². The lowest BCUT2D eigenvalue weighted by atomic mass is 10.0. The van der Waals surface area contributed by atoms with Gasteiger partial charge in [-0.25, -0.2) is 4.39 Å². The molecule has 0 unspecified atom stereocenters. The molecular weight excluding hydrogens is 199 g/mol. The van der Waals surface area contributed by atoms with Crippen LogP contribution in [0.3, 0.4) is 0 Å². The summed E-state index contributed by atoms with van der Waals surface area (Å²) in [5.74, 6) is -1.23. The maximum Gasteiger partial charge on any atom is 0.144 e. The van der Waals surface area contributed by atoms with E-state index in [-0.39, 0.29) is 18.6 Å². The second kappa shape index (κ2) is 4.73. The molecule has 4 N–H and O–H groups in total. The molecule has 0 radical (unpaired) electrons. The number of nitrogens with zero attached hydrogens (tertiary/aromatic N) is 1. The van der Waals surface area contributed by atoms with Crippen LogP contribution in [-0.2, 0) is 0 Å². The number of nitrogens with two attached hydrogens (primary N) is 1. The van der Waals surface area contributed by atoms with Gasteiger partial charge < -0.3 is 15.9 Å². The van der Waals surface area contributed by atoms with Gasteiger partial charge in [-0.05, 0) is 12.5 Å². The Morgan fingerprint density at radius 3 is 2.73 bits per heavy atom. The summed E-state index contributed by atoms with van der Waals surface area (Å²) >= 11 is 0. The van der Waals surface area contributed by atoms with Crippen molar-refractivity contribution in [2.75, 3.05) is 6.61 Å². The van der Waals surface area contributed by atoms with Crippen molar-refractivity contribution >= 4 is 0 Å². The molecule has 1 atom stereocenters. The molecule has 0 saturated carbocycles. The molecule has 0 spiro atoms. The molecule has 5 heteroatoms. The highest BCUT2D eigenvalue weighted by Gasteiger charge is 2.16. The van der Waals surface area contributed by atoms with E-state index in [0.717, 1.165) is 6.07 Å². The predicted molar refractivity (Wildman–Crippen MR) is 51.4 cm³/mol. The first kappa shape index (κ1) is 11.4. The van der Waals surface area contributed by atoms with Gasteiger partial charge in [-0.2, -0.15) is 5.26 Å². The van der Waals surface area contributed by atoms with E-state index in [0.29, 0.717) is 0 Å². The topological polar surface area (TPSA) is 90.3 Å². The summed E-state index contributed by atoms with van der Waals surface area (Å²) in [6.45, 7) is -0.139. The highest BCUT2D eigenvalue weighted by molar-refractivity contribution is 5.49. The Labute approximate surface area is 86.4 Å². The molecule has 1 aromatic rings. The number of benzene rings is 1. The average Bonchev–Trinajstić information content (AvgIpc) is 2.18. The second-order valence-electron chi connectivity index (χ2n) is 3.09. The van der Waals surface area contributed by atoms with Gasteiger partial charge in [-0.1, -0.05) is 6.07 Å². The van der Waals surface area contributed by atoms with E-state index in [4.69, 9.17) is 16.1 Å². The van der Waals surface area contributed by atoms with Crippen LogP contribution in [0.1, 0.15) is 23.6 Å². The number of aromatic hydroxyl groups is 1. The van der Waals surface area contributed by atoms with Crippen LogP contribution in [0.15, 0.2) is 12.1 Å². The fraction of sp³-hybridized carbons (Fsp3) is 0.300. The number of aliphatic hydroxyl groups excluding tert-OH is 1. The van der Waals surface area contributed by atoms with Crippen LogP contribution < -0.4 is 5.73 Å². The highest BCUT2D eigenvalue weighted by atomic mass is 19.1. The van der Waals surface area contributed by atoms with Crippen LogP contribution in [0.2, 0.25) is 0 Å². The molecule has 1 rings (SSSR count). The van der Waals surface area contributed by atoms with Crippen LogP contribution in [-0.4, -0.2) is 16.8 Å². The van der Waals surface area contributed by atoms with E-state index in [1.807, 2.05) is 0 Å². The van der Waals surface area contributed by atoms with Gasteiger partial charge in [-0.15, -0.1) is 0 Å². The number of nitriles is 1. The third-order valence-electron chi connectivity index (χ3n) is 2.11. The molecule has 4 nitrogen and oxygen atoms in total. The van der Waals surface area contributed by atoms with Gasteiger partial charge >= 0.3 is 0 Å². The smallest absolute Gasteiger partial charge is 0.144 e. The van der Waals surface area contributed by atoms with E-state index in [9.17, 15) is 9.50 Å². The Kier molecular flexibility index (Phi) is 3.61. The third kappa shape index (κ3) is 2.24. The predicted octanol–water partition coefficient (Wildman–Crippen LogP) is 0.785. The van der Waals surface area contributed by atoms with Gasteiger partial charge in [0.1, 0.15) is 23.2 Å². The maximum absolute atomic E-state index is 13.0. The Morgan fingerprint density at radius 2 is 2.20 bits per heavy atom. The molecular formula is C10H11FN2O2. The molecule has 15 heavy (non-hydrogen) atoms. The summed E-state index contributed by atoms with van der Waals surface area (Å²) in [5, 5.41) is 26.8. The van der Waals surface area contributed by atoms with Crippen molar-refractivity contribution < 1.29 is 14.6 Å². The van der Waals surface area contributed by atoms with Crippen molar-refractivity contribution in [3.8, 4) is 11.8 Å². The Bertz CT molecular complexity index is 401.